The lowest BCUT2D eigenvalue weighted by molar-refractivity contribution is -0.115. The molecule has 1 heterocycles. The van der Waals surface area contributed by atoms with Crippen LogP contribution in [0.15, 0.2) is 59.2 Å². The van der Waals surface area contributed by atoms with Gasteiger partial charge in [0.15, 0.2) is 0 Å². The van der Waals surface area contributed by atoms with E-state index < -0.39 is 0 Å². The Kier molecular flexibility index (Phi) is 4.28. The Balaban J connectivity index is 1.73. The molecule has 0 saturated carbocycles. The largest absolute Gasteiger partial charge is 0.309 e. The van der Waals surface area contributed by atoms with Gasteiger partial charge < -0.3 is 5.32 Å². The lowest BCUT2D eigenvalue weighted by Crippen LogP contribution is -2.24. The van der Waals surface area contributed by atoms with Crippen LogP contribution in [0.3, 0.4) is 0 Å². The van der Waals surface area contributed by atoms with E-state index >= 15 is 0 Å². The minimum absolute atomic E-state index is 0.221. The SMILES string of the molecule is O=C1NC(CCc2ccccc2F)=N/C1=C/c1cccc(F)c1. The Morgan fingerprint density at radius 2 is 1.87 bits per heavy atom. The number of halogens is 2. The summed E-state index contributed by atoms with van der Waals surface area (Å²) in [5, 5.41) is 2.66. The molecule has 1 amide bonds. The Labute approximate surface area is 132 Å². The summed E-state index contributed by atoms with van der Waals surface area (Å²) in [4.78, 5) is 16.1. The first-order valence-electron chi connectivity index (χ1n) is 7.21. The van der Waals surface area contributed by atoms with Crippen LogP contribution in [0.4, 0.5) is 8.78 Å². The van der Waals surface area contributed by atoms with Crippen molar-refractivity contribution < 1.29 is 13.6 Å². The van der Waals surface area contributed by atoms with Gasteiger partial charge in [-0.05, 0) is 41.8 Å². The molecule has 1 aliphatic heterocycles. The second-order valence-corrected chi connectivity index (χ2v) is 5.19. The lowest BCUT2D eigenvalue weighted by Gasteiger charge is -2.02. The molecule has 2 aromatic rings. The van der Waals surface area contributed by atoms with Gasteiger partial charge >= 0.3 is 0 Å². The second-order valence-electron chi connectivity index (χ2n) is 5.19. The molecule has 0 aliphatic carbocycles. The van der Waals surface area contributed by atoms with E-state index in [4.69, 9.17) is 0 Å². The summed E-state index contributed by atoms with van der Waals surface area (Å²) in [7, 11) is 0. The number of amides is 1. The van der Waals surface area contributed by atoms with Gasteiger partial charge in [0, 0.05) is 6.42 Å². The van der Waals surface area contributed by atoms with Crippen molar-refractivity contribution in [3.05, 3.63) is 77.0 Å². The molecule has 0 aromatic heterocycles. The quantitative estimate of drug-likeness (QED) is 0.863. The summed E-state index contributed by atoms with van der Waals surface area (Å²) in [6, 6.07) is 12.4. The van der Waals surface area contributed by atoms with Crippen molar-refractivity contribution in [2.45, 2.75) is 12.8 Å². The van der Waals surface area contributed by atoms with Gasteiger partial charge in [-0.25, -0.2) is 13.8 Å². The van der Waals surface area contributed by atoms with Crippen LogP contribution in [0.2, 0.25) is 0 Å². The Hall–Kier alpha value is -2.82. The van der Waals surface area contributed by atoms with Gasteiger partial charge in [-0.2, -0.15) is 0 Å². The summed E-state index contributed by atoms with van der Waals surface area (Å²) in [5.41, 5.74) is 1.36. The number of hydrogen-bond acceptors (Lipinski definition) is 2. The number of nitrogens with one attached hydrogen (secondary N) is 1. The van der Waals surface area contributed by atoms with E-state index in [1.165, 1.54) is 24.3 Å². The molecule has 0 spiro atoms. The van der Waals surface area contributed by atoms with Crippen LogP contribution in [0, 0.1) is 11.6 Å². The third-order valence-electron chi connectivity index (χ3n) is 3.49. The molecule has 0 fully saturated rings. The number of benzene rings is 2. The van der Waals surface area contributed by atoms with Crippen molar-refractivity contribution >= 4 is 17.8 Å². The number of nitrogens with zero attached hydrogens (tertiary/aromatic N) is 1. The number of aryl methyl sites for hydroxylation is 1. The standard InChI is InChI=1S/C18H14F2N2O/c19-14-6-3-4-12(10-14)11-16-18(23)22-17(21-16)9-8-13-5-1-2-7-15(13)20/h1-7,10-11H,8-9H2,(H,21,22,23)/b16-11+. The van der Waals surface area contributed by atoms with E-state index in [0.717, 1.165) is 0 Å². The normalized spacial score (nSPS) is 15.7. The minimum atomic E-state index is -0.374. The van der Waals surface area contributed by atoms with E-state index in [1.807, 2.05) is 0 Å². The maximum Gasteiger partial charge on any atom is 0.275 e. The first-order chi connectivity index (χ1) is 11.1. The average molecular weight is 312 g/mol. The summed E-state index contributed by atoms with van der Waals surface area (Å²) < 4.78 is 26.7. The van der Waals surface area contributed by atoms with Crippen LogP contribution in [-0.4, -0.2) is 11.7 Å². The van der Waals surface area contributed by atoms with E-state index in [1.54, 1.807) is 30.3 Å². The third-order valence-corrected chi connectivity index (χ3v) is 3.49. The van der Waals surface area contributed by atoms with Crippen LogP contribution in [0.5, 0.6) is 0 Å². The van der Waals surface area contributed by atoms with Crippen molar-refractivity contribution in [3.8, 4) is 0 Å². The van der Waals surface area contributed by atoms with Gasteiger partial charge in [-0.3, -0.25) is 4.79 Å². The molecule has 3 rings (SSSR count). The van der Waals surface area contributed by atoms with Gasteiger partial charge in [0.05, 0.1) is 0 Å². The predicted molar refractivity (Wildman–Crippen MR) is 84.7 cm³/mol. The Bertz CT molecular complexity index is 812. The number of amidine groups is 1. The van der Waals surface area contributed by atoms with Gasteiger partial charge in [0.2, 0.25) is 0 Å². The predicted octanol–water partition coefficient (Wildman–Crippen LogP) is 3.47. The highest BCUT2D eigenvalue weighted by molar-refractivity contribution is 6.14. The molecule has 0 bridgehead atoms. The minimum Gasteiger partial charge on any atom is -0.309 e. The topological polar surface area (TPSA) is 41.5 Å². The molecule has 116 valence electrons. The number of rotatable bonds is 4. The zero-order chi connectivity index (χ0) is 16.2. The van der Waals surface area contributed by atoms with Crippen molar-refractivity contribution in [3.63, 3.8) is 0 Å². The molecule has 23 heavy (non-hydrogen) atoms. The molecule has 0 radical (unpaired) electrons. The molecule has 5 heteroatoms. The molecule has 0 saturated heterocycles. The van der Waals surface area contributed by atoms with E-state index in [2.05, 4.69) is 10.3 Å². The van der Waals surface area contributed by atoms with E-state index in [0.29, 0.717) is 29.8 Å². The zero-order valence-electron chi connectivity index (χ0n) is 12.2. The molecule has 0 atom stereocenters. The molecular formula is C18H14F2N2O. The van der Waals surface area contributed by atoms with Crippen molar-refractivity contribution in [2.75, 3.05) is 0 Å². The lowest BCUT2D eigenvalue weighted by atomic mass is 10.1. The molecular weight excluding hydrogens is 298 g/mol. The van der Waals surface area contributed by atoms with Gasteiger partial charge in [0.25, 0.3) is 5.91 Å². The van der Waals surface area contributed by atoms with Crippen molar-refractivity contribution in [1.82, 2.24) is 5.32 Å². The summed E-state index contributed by atoms with van der Waals surface area (Å²) >= 11 is 0. The van der Waals surface area contributed by atoms with Crippen LogP contribution in [0.1, 0.15) is 17.5 Å². The molecule has 1 aliphatic rings. The summed E-state index contributed by atoms with van der Waals surface area (Å²) in [6.45, 7) is 0. The van der Waals surface area contributed by atoms with Crippen LogP contribution in [-0.2, 0) is 11.2 Å². The number of carbonyl (C=O) groups excluding carboxylic acids is 1. The fourth-order valence-electron chi connectivity index (χ4n) is 2.34. The Morgan fingerprint density at radius 3 is 2.65 bits per heavy atom. The first-order valence-corrected chi connectivity index (χ1v) is 7.21. The van der Waals surface area contributed by atoms with Crippen molar-refractivity contribution in [2.24, 2.45) is 4.99 Å². The fourth-order valence-corrected chi connectivity index (χ4v) is 2.34. The number of aliphatic imine (C=N–C) groups is 1. The van der Waals surface area contributed by atoms with Gasteiger partial charge in [-0.15, -0.1) is 0 Å². The maximum atomic E-state index is 13.6. The van der Waals surface area contributed by atoms with Crippen LogP contribution >= 0.6 is 0 Å². The van der Waals surface area contributed by atoms with E-state index in [9.17, 15) is 13.6 Å². The van der Waals surface area contributed by atoms with E-state index in [-0.39, 0.29) is 23.2 Å². The van der Waals surface area contributed by atoms with Gasteiger partial charge in [-0.1, -0.05) is 30.3 Å². The number of carbonyl (C=O) groups is 1. The summed E-state index contributed by atoms with van der Waals surface area (Å²) in [5.74, 6) is -0.492. The maximum absolute atomic E-state index is 13.6. The monoisotopic (exact) mass is 312 g/mol. The van der Waals surface area contributed by atoms with Crippen molar-refractivity contribution in [1.29, 1.82) is 0 Å². The highest BCUT2D eigenvalue weighted by atomic mass is 19.1. The summed E-state index contributed by atoms with van der Waals surface area (Å²) in [6.07, 6.45) is 2.39. The smallest absolute Gasteiger partial charge is 0.275 e. The highest BCUT2D eigenvalue weighted by Gasteiger charge is 2.19. The van der Waals surface area contributed by atoms with Crippen LogP contribution in [0.25, 0.3) is 6.08 Å². The highest BCUT2D eigenvalue weighted by Crippen LogP contribution is 2.15. The van der Waals surface area contributed by atoms with Gasteiger partial charge in [0.1, 0.15) is 23.2 Å². The molecule has 2 aromatic carbocycles. The fraction of sp³-hybridized carbons (Fsp3) is 0.111. The van der Waals surface area contributed by atoms with Crippen LogP contribution < -0.4 is 5.32 Å². The second kappa shape index (κ2) is 6.52. The average Bonchev–Trinajstić information content (AvgIpc) is 2.87. The number of hydrogen-bond donors (Lipinski definition) is 1. The zero-order valence-corrected chi connectivity index (χ0v) is 12.2. The molecule has 3 nitrogen and oxygen atoms in total. The Morgan fingerprint density at radius 1 is 1.04 bits per heavy atom. The third kappa shape index (κ3) is 3.69. The molecule has 1 N–H and O–H groups in total. The first kappa shape index (κ1) is 15.1. The molecule has 0 unspecified atom stereocenters.